The van der Waals surface area contributed by atoms with Crippen LogP contribution in [0.3, 0.4) is 0 Å². The first-order valence-electron chi connectivity index (χ1n) is 10.1. The Hall–Kier alpha value is -2.37. The number of aliphatic hydroxyl groups is 1. The maximum Gasteiger partial charge on any atom is 0.410 e. The Morgan fingerprint density at radius 1 is 1.07 bits per heavy atom. The highest BCUT2D eigenvalue weighted by Crippen LogP contribution is 2.28. The second-order valence-corrected chi connectivity index (χ2v) is 7.81. The summed E-state index contributed by atoms with van der Waals surface area (Å²) in [6.07, 6.45) is 0.839. The van der Waals surface area contributed by atoms with Gasteiger partial charge in [0, 0.05) is 25.7 Å². The summed E-state index contributed by atoms with van der Waals surface area (Å²) in [4.78, 5) is 16.6. The monoisotopic (exact) mass is 380 g/mol. The van der Waals surface area contributed by atoms with Crippen LogP contribution in [0.5, 0.6) is 0 Å². The minimum Gasteiger partial charge on any atom is -0.445 e. The molecule has 28 heavy (non-hydrogen) atoms. The largest absolute Gasteiger partial charge is 0.445 e. The van der Waals surface area contributed by atoms with Gasteiger partial charge in [-0.25, -0.2) is 4.79 Å². The van der Waals surface area contributed by atoms with Gasteiger partial charge in [0.2, 0.25) is 0 Å². The molecule has 3 atom stereocenters. The molecule has 1 amide bonds. The van der Waals surface area contributed by atoms with E-state index in [0.29, 0.717) is 6.54 Å². The molecule has 2 aliphatic heterocycles. The third kappa shape index (κ3) is 3.91. The first-order valence-corrected chi connectivity index (χ1v) is 10.1. The van der Waals surface area contributed by atoms with E-state index in [0.717, 1.165) is 31.5 Å². The molecule has 1 fully saturated rings. The molecule has 0 bridgehead atoms. The van der Waals surface area contributed by atoms with Gasteiger partial charge in [0.1, 0.15) is 6.61 Å². The quantitative estimate of drug-likeness (QED) is 0.888. The molecule has 1 N–H and O–H groups in total. The number of rotatable bonds is 3. The van der Waals surface area contributed by atoms with Gasteiger partial charge in [-0.05, 0) is 36.5 Å². The molecule has 1 saturated heterocycles. The Kier molecular flexibility index (Phi) is 5.64. The molecular weight excluding hydrogens is 352 g/mol. The number of hydrogen-bond donors (Lipinski definition) is 1. The summed E-state index contributed by atoms with van der Waals surface area (Å²) in [5.74, 6) is 0. The zero-order chi connectivity index (χ0) is 19.5. The maximum atomic E-state index is 12.6. The van der Waals surface area contributed by atoms with E-state index in [-0.39, 0.29) is 24.8 Å². The van der Waals surface area contributed by atoms with Crippen LogP contribution in [0.15, 0.2) is 54.6 Å². The van der Waals surface area contributed by atoms with E-state index in [1.807, 2.05) is 37.3 Å². The number of fused-ring (bicyclic) bond motifs is 1. The lowest BCUT2D eigenvalue weighted by Crippen LogP contribution is -2.60. The number of nitrogens with zero attached hydrogens (tertiary/aromatic N) is 2. The van der Waals surface area contributed by atoms with Crippen molar-refractivity contribution in [2.75, 3.05) is 13.1 Å². The summed E-state index contributed by atoms with van der Waals surface area (Å²) >= 11 is 0. The molecule has 5 nitrogen and oxygen atoms in total. The Morgan fingerprint density at radius 2 is 1.79 bits per heavy atom. The number of carbonyl (C=O) groups is 1. The van der Waals surface area contributed by atoms with Crippen molar-refractivity contribution in [3.8, 4) is 0 Å². The highest BCUT2D eigenvalue weighted by Gasteiger charge is 2.40. The summed E-state index contributed by atoms with van der Waals surface area (Å²) in [6.45, 7) is 4.59. The molecule has 0 saturated carbocycles. The fourth-order valence-electron chi connectivity index (χ4n) is 4.41. The predicted octanol–water partition coefficient (Wildman–Crippen LogP) is 3.21. The van der Waals surface area contributed by atoms with Crippen molar-refractivity contribution in [3.63, 3.8) is 0 Å². The lowest BCUT2D eigenvalue weighted by Gasteiger charge is -2.46. The number of hydrogen-bond acceptors (Lipinski definition) is 4. The van der Waals surface area contributed by atoms with E-state index in [1.165, 1.54) is 11.1 Å². The van der Waals surface area contributed by atoms with E-state index in [2.05, 4.69) is 29.2 Å². The summed E-state index contributed by atoms with van der Waals surface area (Å²) in [6, 6.07) is 18.0. The Balaban J connectivity index is 1.36. The number of amides is 1. The second kappa shape index (κ2) is 8.33. The number of ether oxygens (including phenoxy) is 1. The van der Waals surface area contributed by atoms with Crippen LogP contribution in [-0.4, -0.2) is 52.3 Å². The zero-order valence-corrected chi connectivity index (χ0v) is 16.3. The van der Waals surface area contributed by atoms with Gasteiger partial charge in [-0.15, -0.1) is 0 Å². The van der Waals surface area contributed by atoms with Crippen LogP contribution in [-0.2, 0) is 24.3 Å². The van der Waals surface area contributed by atoms with E-state index < -0.39 is 6.10 Å². The van der Waals surface area contributed by atoms with Crippen molar-refractivity contribution in [2.45, 2.75) is 51.1 Å². The first kappa shape index (κ1) is 19.0. The van der Waals surface area contributed by atoms with Gasteiger partial charge in [0.25, 0.3) is 0 Å². The van der Waals surface area contributed by atoms with E-state index in [4.69, 9.17) is 4.74 Å². The molecule has 0 radical (unpaired) electrons. The SMILES string of the molecule is CC1C(O)C(N2CCc3ccccc3C2)CCN1C(=O)OCc1ccccc1. The lowest BCUT2D eigenvalue weighted by atomic mass is 9.90. The van der Waals surface area contributed by atoms with Crippen molar-refractivity contribution in [3.05, 3.63) is 71.3 Å². The van der Waals surface area contributed by atoms with Gasteiger partial charge in [-0.3, -0.25) is 4.90 Å². The second-order valence-electron chi connectivity index (χ2n) is 7.81. The Labute approximate surface area is 166 Å². The van der Waals surface area contributed by atoms with Gasteiger partial charge in [0.15, 0.2) is 0 Å². The van der Waals surface area contributed by atoms with Crippen LogP contribution in [0.25, 0.3) is 0 Å². The lowest BCUT2D eigenvalue weighted by molar-refractivity contribution is -0.0492. The molecule has 2 aliphatic rings. The third-order valence-corrected chi connectivity index (χ3v) is 6.11. The van der Waals surface area contributed by atoms with Crippen molar-refractivity contribution < 1.29 is 14.6 Å². The topological polar surface area (TPSA) is 53.0 Å². The molecule has 0 aliphatic carbocycles. The van der Waals surface area contributed by atoms with Crippen LogP contribution in [0, 0.1) is 0 Å². The summed E-state index contributed by atoms with van der Waals surface area (Å²) < 4.78 is 5.48. The van der Waals surface area contributed by atoms with E-state index in [9.17, 15) is 9.90 Å². The van der Waals surface area contributed by atoms with Crippen LogP contribution >= 0.6 is 0 Å². The predicted molar refractivity (Wildman–Crippen MR) is 108 cm³/mol. The summed E-state index contributed by atoms with van der Waals surface area (Å²) in [5, 5.41) is 11.0. The number of likely N-dealkylation sites (tertiary alicyclic amines) is 1. The highest BCUT2D eigenvalue weighted by molar-refractivity contribution is 5.68. The minimum absolute atomic E-state index is 0.0709. The van der Waals surface area contributed by atoms with Crippen LogP contribution in [0.1, 0.15) is 30.0 Å². The molecule has 4 rings (SSSR count). The normalized spacial score (nSPS) is 25.2. The number of aliphatic hydroxyl groups excluding tert-OH is 1. The van der Waals surface area contributed by atoms with Crippen molar-refractivity contribution in [2.24, 2.45) is 0 Å². The average molecular weight is 380 g/mol. The fourth-order valence-corrected chi connectivity index (χ4v) is 4.41. The van der Waals surface area contributed by atoms with Gasteiger partial charge < -0.3 is 14.7 Å². The molecule has 5 heteroatoms. The molecular formula is C23H28N2O3. The number of piperidine rings is 1. The smallest absolute Gasteiger partial charge is 0.410 e. The molecule has 3 unspecified atom stereocenters. The molecule has 2 aromatic carbocycles. The van der Waals surface area contributed by atoms with Gasteiger partial charge in [-0.1, -0.05) is 54.6 Å². The summed E-state index contributed by atoms with van der Waals surface area (Å²) in [5.41, 5.74) is 3.72. The number of carbonyl (C=O) groups excluding carboxylic acids is 1. The molecule has 2 heterocycles. The van der Waals surface area contributed by atoms with Gasteiger partial charge in [0.05, 0.1) is 12.1 Å². The van der Waals surface area contributed by atoms with Crippen molar-refractivity contribution in [1.82, 2.24) is 9.80 Å². The van der Waals surface area contributed by atoms with Gasteiger partial charge in [-0.2, -0.15) is 0 Å². The van der Waals surface area contributed by atoms with Crippen LogP contribution in [0.4, 0.5) is 4.79 Å². The van der Waals surface area contributed by atoms with Crippen LogP contribution < -0.4 is 0 Å². The minimum atomic E-state index is -0.580. The first-order chi connectivity index (χ1) is 13.6. The van der Waals surface area contributed by atoms with Crippen LogP contribution in [0.2, 0.25) is 0 Å². The third-order valence-electron chi connectivity index (χ3n) is 6.11. The maximum absolute atomic E-state index is 12.6. The Morgan fingerprint density at radius 3 is 2.57 bits per heavy atom. The summed E-state index contributed by atoms with van der Waals surface area (Å²) in [7, 11) is 0. The number of benzene rings is 2. The van der Waals surface area contributed by atoms with Gasteiger partial charge >= 0.3 is 6.09 Å². The highest BCUT2D eigenvalue weighted by atomic mass is 16.6. The fraction of sp³-hybridized carbons (Fsp3) is 0.435. The molecule has 148 valence electrons. The van der Waals surface area contributed by atoms with Crippen molar-refractivity contribution in [1.29, 1.82) is 0 Å². The molecule has 0 spiro atoms. The standard InChI is InChI=1S/C23H28N2O3/c1-17-22(26)21(24-13-11-19-9-5-6-10-20(19)15-24)12-14-25(17)23(27)28-16-18-7-3-2-4-8-18/h2-10,17,21-22,26H,11-16H2,1H3. The van der Waals surface area contributed by atoms with E-state index >= 15 is 0 Å². The molecule has 0 aromatic heterocycles. The average Bonchev–Trinajstić information content (AvgIpc) is 2.74. The molecule has 2 aromatic rings. The zero-order valence-electron chi connectivity index (χ0n) is 16.3. The van der Waals surface area contributed by atoms with E-state index in [1.54, 1.807) is 4.90 Å². The van der Waals surface area contributed by atoms with Crippen molar-refractivity contribution >= 4 is 6.09 Å². The Bertz CT molecular complexity index is 811.